The Kier molecular flexibility index (Phi) is 7.28. The van der Waals surface area contributed by atoms with Crippen LogP contribution < -0.4 is 0 Å². The second-order valence-electron chi connectivity index (χ2n) is 9.30. The van der Waals surface area contributed by atoms with Gasteiger partial charge in [0, 0.05) is 13.1 Å². The van der Waals surface area contributed by atoms with Gasteiger partial charge in [-0.3, -0.25) is 0 Å². The van der Waals surface area contributed by atoms with Crippen LogP contribution in [0.4, 0.5) is 0 Å². The summed E-state index contributed by atoms with van der Waals surface area (Å²) in [4.78, 5) is 0.363. The molecule has 1 aliphatic rings. The van der Waals surface area contributed by atoms with Crippen molar-refractivity contribution in [3.63, 3.8) is 0 Å². The number of hydrogen-bond donors (Lipinski definition) is 0. The quantitative estimate of drug-likeness (QED) is 0.612. The Morgan fingerprint density at radius 3 is 1.65 bits per heavy atom. The van der Waals surface area contributed by atoms with Crippen molar-refractivity contribution < 1.29 is 16.8 Å². The van der Waals surface area contributed by atoms with E-state index >= 15 is 0 Å². The molecular formula is C24H33NO4S2. The number of piperidine rings is 1. The number of nitrogens with zero attached hydrogens (tertiary/aromatic N) is 1. The first kappa shape index (κ1) is 24.0. The third kappa shape index (κ3) is 5.96. The molecule has 0 spiro atoms. The molecule has 0 aromatic heterocycles. The fraction of sp³-hybridized carbons (Fsp3) is 0.500. The van der Waals surface area contributed by atoms with Crippen LogP contribution in [0.5, 0.6) is 0 Å². The molecule has 0 amide bonds. The lowest BCUT2D eigenvalue weighted by molar-refractivity contribution is 0.346. The van der Waals surface area contributed by atoms with Gasteiger partial charge < -0.3 is 0 Å². The van der Waals surface area contributed by atoms with Crippen LogP contribution in [0.3, 0.4) is 0 Å². The van der Waals surface area contributed by atoms with Gasteiger partial charge in [0.05, 0.1) is 15.4 Å². The number of sulfone groups is 1. The zero-order valence-corrected chi connectivity index (χ0v) is 20.3. The van der Waals surface area contributed by atoms with Crippen LogP contribution >= 0.6 is 0 Å². The summed E-state index contributed by atoms with van der Waals surface area (Å²) < 4.78 is 51.1. The van der Waals surface area contributed by atoms with Gasteiger partial charge in [0.15, 0.2) is 9.84 Å². The summed E-state index contributed by atoms with van der Waals surface area (Å²) in [5.74, 6) is 0.0454. The molecule has 0 unspecified atom stereocenters. The van der Waals surface area contributed by atoms with E-state index in [2.05, 4.69) is 0 Å². The van der Waals surface area contributed by atoms with E-state index in [1.54, 1.807) is 37.2 Å². The highest BCUT2D eigenvalue weighted by molar-refractivity contribution is 7.92. The molecule has 31 heavy (non-hydrogen) atoms. The van der Waals surface area contributed by atoms with Crippen LogP contribution in [0.25, 0.3) is 0 Å². The van der Waals surface area contributed by atoms with Crippen molar-refractivity contribution >= 4 is 19.9 Å². The van der Waals surface area contributed by atoms with E-state index in [-0.39, 0.29) is 5.75 Å². The maximum Gasteiger partial charge on any atom is 0.243 e. The van der Waals surface area contributed by atoms with E-state index in [1.165, 1.54) is 0 Å². The molecule has 0 bridgehead atoms. The van der Waals surface area contributed by atoms with Gasteiger partial charge in [0.25, 0.3) is 0 Å². The minimum Gasteiger partial charge on any atom is -0.228 e. The van der Waals surface area contributed by atoms with Gasteiger partial charge in [-0.1, -0.05) is 42.8 Å². The smallest absolute Gasteiger partial charge is 0.228 e. The Morgan fingerprint density at radius 1 is 0.710 bits per heavy atom. The molecule has 1 aliphatic heterocycles. The second-order valence-corrected chi connectivity index (χ2v) is 14.0. The van der Waals surface area contributed by atoms with Crippen molar-refractivity contribution in [3.05, 3.63) is 65.2 Å². The Morgan fingerprint density at radius 2 is 1.16 bits per heavy atom. The molecule has 0 radical (unpaired) electrons. The molecule has 0 atom stereocenters. The topological polar surface area (TPSA) is 71.5 Å². The molecule has 0 saturated carbocycles. The minimum absolute atomic E-state index is 0.0454. The maximum absolute atomic E-state index is 12.8. The summed E-state index contributed by atoms with van der Waals surface area (Å²) in [6.07, 6.45) is 4.56. The summed E-state index contributed by atoms with van der Waals surface area (Å²) in [5.41, 5.74) is 3.00. The Bertz CT molecular complexity index is 1080. The molecular weight excluding hydrogens is 430 g/mol. The molecule has 1 fully saturated rings. The fourth-order valence-corrected chi connectivity index (χ4v) is 6.19. The summed E-state index contributed by atoms with van der Waals surface area (Å²) in [7, 11) is -6.59. The highest BCUT2D eigenvalue weighted by Crippen LogP contribution is 2.22. The SMILES string of the molecule is CC(C)(C)S(=O)(=O)Cc1ccc(CCc2ccc(S(=O)(=O)N3CCCCC3)cc2)cc1. The molecule has 2 aromatic carbocycles. The van der Waals surface area contributed by atoms with Crippen LogP contribution in [0.1, 0.15) is 56.7 Å². The first-order valence-corrected chi connectivity index (χ1v) is 14.0. The number of rotatable bonds is 7. The van der Waals surface area contributed by atoms with Crippen LogP contribution in [0.15, 0.2) is 53.4 Å². The second kappa shape index (κ2) is 9.43. The number of hydrogen-bond acceptors (Lipinski definition) is 4. The van der Waals surface area contributed by atoms with E-state index < -0.39 is 24.6 Å². The lowest BCUT2D eigenvalue weighted by atomic mass is 10.0. The largest absolute Gasteiger partial charge is 0.243 e. The molecule has 5 nitrogen and oxygen atoms in total. The highest BCUT2D eigenvalue weighted by Gasteiger charge is 2.29. The first-order chi connectivity index (χ1) is 14.5. The third-order valence-electron chi connectivity index (χ3n) is 5.89. The molecule has 0 N–H and O–H groups in total. The highest BCUT2D eigenvalue weighted by atomic mass is 32.2. The van der Waals surface area contributed by atoms with Gasteiger partial charge in [0.1, 0.15) is 0 Å². The summed E-state index contributed by atoms with van der Waals surface area (Å²) in [5, 5.41) is 0. The monoisotopic (exact) mass is 463 g/mol. The normalized spacial score (nSPS) is 16.4. The van der Waals surface area contributed by atoms with Crippen LogP contribution in [0.2, 0.25) is 0 Å². The number of sulfonamides is 1. The molecule has 170 valence electrons. The number of benzene rings is 2. The van der Waals surface area contributed by atoms with Crippen molar-refractivity contribution in [2.75, 3.05) is 13.1 Å². The van der Waals surface area contributed by atoms with Crippen LogP contribution in [0, 0.1) is 0 Å². The van der Waals surface area contributed by atoms with E-state index in [0.717, 1.165) is 48.8 Å². The van der Waals surface area contributed by atoms with Crippen LogP contribution in [-0.4, -0.2) is 39.0 Å². The Balaban J connectivity index is 1.59. The Labute approximate surface area is 187 Å². The molecule has 0 aliphatic carbocycles. The summed E-state index contributed by atoms with van der Waals surface area (Å²) in [6.45, 7) is 6.38. The molecule has 2 aromatic rings. The zero-order chi connectivity index (χ0) is 22.7. The van der Waals surface area contributed by atoms with Crippen molar-refractivity contribution in [2.24, 2.45) is 0 Å². The number of aryl methyl sites for hydroxylation is 2. The molecule has 1 saturated heterocycles. The van der Waals surface area contributed by atoms with E-state index in [4.69, 9.17) is 0 Å². The van der Waals surface area contributed by atoms with Crippen molar-refractivity contribution in [1.82, 2.24) is 4.31 Å². The van der Waals surface area contributed by atoms with Gasteiger partial charge in [-0.15, -0.1) is 0 Å². The Hall–Kier alpha value is -1.70. The zero-order valence-electron chi connectivity index (χ0n) is 18.7. The van der Waals surface area contributed by atoms with Crippen molar-refractivity contribution in [1.29, 1.82) is 0 Å². The fourth-order valence-electron chi connectivity index (χ4n) is 3.61. The third-order valence-corrected chi connectivity index (χ3v) is 10.4. The van der Waals surface area contributed by atoms with Crippen LogP contribution in [-0.2, 0) is 38.5 Å². The van der Waals surface area contributed by atoms with E-state index in [0.29, 0.717) is 18.0 Å². The van der Waals surface area contributed by atoms with E-state index in [9.17, 15) is 16.8 Å². The van der Waals surface area contributed by atoms with Gasteiger partial charge in [-0.2, -0.15) is 4.31 Å². The summed E-state index contributed by atoms with van der Waals surface area (Å²) >= 11 is 0. The van der Waals surface area contributed by atoms with Gasteiger partial charge in [-0.05, 0) is 75.3 Å². The maximum atomic E-state index is 12.8. The van der Waals surface area contributed by atoms with E-state index in [1.807, 2.05) is 36.4 Å². The molecule has 7 heteroatoms. The molecule has 3 rings (SSSR count). The predicted octanol–water partition coefficient (Wildman–Crippen LogP) is 4.36. The average molecular weight is 464 g/mol. The molecule has 1 heterocycles. The van der Waals surface area contributed by atoms with Gasteiger partial charge in [0.2, 0.25) is 10.0 Å². The average Bonchev–Trinajstić information content (AvgIpc) is 2.73. The van der Waals surface area contributed by atoms with Crippen molar-refractivity contribution in [2.45, 2.75) is 68.3 Å². The summed E-state index contributed by atoms with van der Waals surface area (Å²) in [6, 6.07) is 14.9. The minimum atomic E-state index is -3.39. The predicted molar refractivity (Wildman–Crippen MR) is 125 cm³/mol. The first-order valence-electron chi connectivity index (χ1n) is 10.9. The van der Waals surface area contributed by atoms with Gasteiger partial charge in [-0.25, -0.2) is 16.8 Å². The van der Waals surface area contributed by atoms with Gasteiger partial charge >= 0.3 is 0 Å². The standard InChI is InChI=1S/C24H33NO4S2/c1-24(2,3)30(26,27)19-22-11-9-20(10-12-22)7-8-21-13-15-23(16-14-21)31(28,29)25-17-5-4-6-18-25/h9-16H,4-8,17-19H2,1-3H3. The lowest BCUT2D eigenvalue weighted by Crippen LogP contribution is -2.35. The van der Waals surface area contributed by atoms with Crippen molar-refractivity contribution in [3.8, 4) is 0 Å². The lowest BCUT2D eigenvalue weighted by Gasteiger charge is -2.25.